The molecule has 0 aliphatic heterocycles. The van der Waals surface area contributed by atoms with Crippen LogP contribution in [0.5, 0.6) is 0 Å². The van der Waals surface area contributed by atoms with Crippen molar-refractivity contribution in [2.75, 3.05) is 0 Å². The number of hydrogen-bond acceptors (Lipinski definition) is 2. The van der Waals surface area contributed by atoms with Crippen molar-refractivity contribution in [3.8, 4) is 0 Å². The largest absolute Gasteiger partial charge is 0.480 e. The van der Waals surface area contributed by atoms with Crippen LogP contribution in [-0.2, 0) is 4.79 Å². The van der Waals surface area contributed by atoms with Crippen molar-refractivity contribution < 1.29 is 14.7 Å². The van der Waals surface area contributed by atoms with Crippen LogP contribution in [0.1, 0.15) is 41.6 Å². The zero-order valence-electron chi connectivity index (χ0n) is 10.7. The molecule has 102 valence electrons. The highest BCUT2D eigenvalue weighted by Gasteiger charge is 2.42. The third-order valence-electron chi connectivity index (χ3n) is 3.65. The van der Waals surface area contributed by atoms with Crippen LogP contribution in [-0.4, -0.2) is 22.5 Å². The van der Waals surface area contributed by atoms with Crippen molar-refractivity contribution in [3.05, 3.63) is 33.8 Å². The number of carboxylic acids is 1. The van der Waals surface area contributed by atoms with E-state index in [9.17, 15) is 14.7 Å². The van der Waals surface area contributed by atoms with Gasteiger partial charge in [0, 0.05) is 10.0 Å². The first kappa shape index (κ1) is 14.1. The molecule has 0 spiro atoms. The summed E-state index contributed by atoms with van der Waals surface area (Å²) in [5.41, 5.74) is 0.262. The molecule has 1 aliphatic carbocycles. The predicted molar refractivity (Wildman–Crippen MR) is 75.2 cm³/mol. The molecular weight excluding hydrogens is 310 g/mol. The second-order valence-electron chi connectivity index (χ2n) is 5.01. The second-order valence-corrected chi connectivity index (χ2v) is 5.92. The molecular formula is C14H16BrNO3. The quantitative estimate of drug-likeness (QED) is 0.897. The number of aryl methyl sites for hydroxylation is 1. The van der Waals surface area contributed by atoms with Crippen molar-refractivity contribution in [2.45, 2.75) is 38.1 Å². The van der Waals surface area contributed by atoms with E-state index in [0.717, 1.165) is 22.9 Å². The molecule has 1 amide bonds. The summed E-state index contributed by atoms with van der Waals surface area (Å²) < 4.78 is 0.898. The van der Waals surface area contributed by atoms with Crippen LogP contribution in [0, 0.1) is 6.92 Å². The number of nitrogens with one attached hydrogen (secondary N) is 1. The molecule has 1 saturated carbocycles. The van der Waals surface area contributed by atoms with Gasteiger partial charge in [-0.05, 0) is 43.5 Å². The van der Waals surface area contributed by atoms with Gasteiger partial charge in [0.15, 0.2) is 0 Å². The fourth-order valence-corrected chi connectivity index (χ4v) is 3.01. The molecule has 5 heteroatoms. The Kier molecular flexibility index (Phi) is 3.94. The molecule has 2 N–H and O–H groups in total. The van der Waals surface area contributed by atoms with Crippen LogP contribution in [0.15, 0.2) is 22.7 Å². The third kappa shape index (κ3) is 2.81. The molecule has 0 aromatic heterocycles. The van der Waals surface area contributed by atoms with Crippen LogP contribution in [0.3, 0.4) is 0 Å². The normalized spacial score (nSPS) is 17.2. The third-order valence-corrected chi connectivity index (χ3v) is 4.15. The fourth-order valence-electron chi connectivity index (χ4n) is 2.54. The lowest BCUT2D eigenvalue weighted by atomic mass is 9.96. The highest BCUT2D eigenvalue weighted by molar-refractivity contribution is 9.10. The number of aliphatic carboxylic acids is 1. The average Bonchev–Trinajstić information content (AvgIpc) is 2.78. The van der Waals surface area contributed by atoms with Crippen LogP contribution in [0.25, 0.3) is 0 Å². The molecule has 0 unspecified atom stereocenters. The molecule has 1 aliphatic rings. The summed E-state index contributed by atoms with van der Waals surface area (Å²) in [7, 11) is 0. The number of halogens is 1. The number of carbonyl (C=O) groups is 2. The summed E-state index contributed by atoms with van der Waals surface area (Å²) in [5.74, 6) is -1.25. The van der Waals surface area contributed by atoms with E-state index in [1.54, 1.807) is 12.1 Å². The Labute approximate surface area is 120 Å². The summed E-state index contributed by atoms with van der Waals surface area (Å²) in [6.07, 6.45) is 2.69. The Morgan fingerprint density at radius 3 is 2.47 bits per heavy atom. The first-order chi connectivity index (χ1) is 8.94. The lowest BCUT2D eigenvalue weighted by molar-refractivity contribution is -0.144. The van der Waals surface area contributed by atoms with Gasteiger partial charge in [0.2, 0.25) is 0 Å². The maximum atomic E-state index is 12.3. The van der Waals surface area contributed by atoms with Crippen molar-refractivity contribution in [3.63, 3.8) is 0 Å². The minimum absolute atomic E-state index is 0.311. The minimum atomic E-state index is -1.09. The molecule has 0 radical (unpaired) electrons. The van der Waals surface area contributed by atoms with Gasteiger partial charge in [-0.3, -0.25) is 4.79 Å². The summed E-state index contributed by atoms with van der Waals surface area (Å²) in [4.78, 5) is 23.7. The van der Waals surface area contributed by atoms with Gasteiger partial charge in [0.1, 0.15) is 5.54 Å². The van der Waals surface area contributed by atoms with Crippen molar-refractivity contribution >= 4 is 27.8 Å². The van der Waals surface area contributed by atoms with Gasteiger partial charge in [-0.25, -0.2) is 4.79 Å². The first-order valence-corrected chi connectivity index (χ1v) is 7.06. The monoisotopic (exact) mass is 325 g/mol. The first-order valence-electron chi connectivity index (χ1n) is 6.27. The number of amides is 1. The van der Waals surface area contributed by atoms with Gasteiger partial charge >= 0.3 is 5.97 Å². The van der Waals surface area contributed by atoms with Gasteiger partial charge in [-0.15, -0.1) is 0 Å². The Bertz CT molecular complexity index is 521. The predicted octanol–water partition coefficient (Wildman–Crippen LogP) is 2.88. The zero-order valence-corrected chi connectivity index (χ0v) is 12.3. The SMILES string of the molecule is Cc1cc(Br)ccc1C(=O)NC1(C(=O)O)CCCC1. The maximum Gasteiger partial charge on any atom is 0.329 e. The van der Waals surface area contributed by atoms with Crippen LogP contribution in [0.2, 0.25) is 0 Å². The molecule has 4 nitrogen and oxygen atoms in total. The highest BCUT2D eigenvalue weighted by Crippen LogP contribution is 2.30. The maximum absolute atomic E-state index is 12.3. The summed E-state index contributed by atoms with van der Waals surface area (Å²) in [5, 5.41) is 12.1. The Hall–Kier alpha value is -1.36. The van der Waals surface area contributed by atoms with E-state index in [-0.39, 0.29) is 5.91 Å². The van der Waals surface area contributed by atoms with Crippen LogP contribution < -0.4 is 5.32 Å². The number of carbonyl (C=O) groups excluding carboxylic acids is 1. The molecule has 1 aromatic rings. The van der Waals surface area contributed by atoms with E-state index < -0.39 is 11.5 Å². The van der Waals surface area contributed by atoms with Crippen LogP contribution >= 0.6 is 15.9 Å². The van der Waals surface area contributed by atoms with E-state index >= 15 is 0 Å². The van der Waals surface area contributed by atoms with Gasteiger partial charge < -0.3 is 10.4 Å². The van der Waals surface area contributed by atoms with E-state index in [4.69, 9.17) is 0 Å². The Balaban J connectivity index is 2.22. The van der Waals surface area contributed by atoms with E-state index in [2.05, 4.69) is 21.2 Å². The standard InChI is InChI=1S/C14H16BrNO3/c1-9-8-10(15)4-5-11(9)12(17)16-14(13(18)19)6-2-3-7-14/h4-5,8H,2-3,6-7H2,1H3,(H,16,17)(H,18,19). The molecule has 2 rings (SSSR count). The van der Waals surface area contributed by atoms with Gasteiger partial charge in [0.25, 0.3) is 5.91 Å². The highest BCUT2D eigenvalue weighted by atomic mass is 79.9. The fraction of sp³-hybridized carbons (Fsp3) is 0.429. The van der Waals surface area contributed by atoms with Crippen LogP contribution in [0.4, 0.5) is 0 Å². The van der Waals surface area contributed by atoms with E-state index in [0.29, 0.717) is 18.4 Å². The molecule has 19 heavy (non-hydrogen) atoms. The molecule has 0 heterocycles. The van der Waals surface area contributed by atoms with E-state index in [1.807, 2.05) is 13.0 Å². The van der Waals surface area contributed by atoms with Gasteiger partial charge in [-0.1, -0.05) is 28.8 Å². The molecule has 1 fully saturated rings. The van der Waals surface area contributed by atoms with Gasteiger partial charge in [-0.2, -0.15) is 0 Å². The number of carboxylic acid groups (broad SMARTS) is 1. The Morgan fingerprint density at radius 2 is 1.95 bits per heavy atom. The number of hydrogen-bond donors (Lipinski definition) is 2. The lowest BCUT2D eigenvalue weighted by Gasteiger charge is -2.25. The average molecular weight is 326 g/mol. The molecule has 0 bridgehead atoms. The smallest absolute Gasteiger partial charge is 0.329 e. The van der Waals surface area contributed by atoms with Gasteiger partial charge in [0.05, 0.1) is 0 Å². The topological polar surface area (TPSA) is 66.4 Å². The van der Waals surface area contributed by atoms with Crippen molar-refractivity contribution in [1.29, 1.82) is 0 Å². The zero-order chi connectivity index (χ0) is 14.0. The number of benzene rings is 1. The summed E-state index contributed by atoms with van der Waals surface area (Å²) in [6.45, 7) is 1.84. The summed E-state index contributed by atoms with van der Waals surface area (Å²) in [6, 6.07) is 5.33. The Morgan fingerprint density at radius 1 is 1.32 bits per heavy atom. The van der Waals surface area contributed by atoms with Crippen molar-refractivity contribution in [2.24, 2.45) is 0 Å². The molecule has 0 saturated heterocycles. The lowest BCUT2D eigenvalue weighted by Crippen LogP contribution is -2.52. The molecule has 0 atom stereocenters. The van der Waals surface area contributed by atoms with E-state index in [1.165, 1.54) is 0 Å². The summed E-state index contributed by atoms with van der Waals surface area (Å²) >= 11 is 3.34. The second kappa shape index (κ2) is 5.33. The van der Waals surface area contributed by atoms with Crippen molar-refractivity contribution in [1.82, 2.24) is 5.32 Å². The number of rotatable bonds is 3. The molecule has 1 aromatic carbocycles. The minimum Gasteiger partial charge on any atom is -0.480 e.